The van der Waals surface area contributed by atoms with Crippen LogP contribution in [0.5, 0.6) is 11.5 Å². The molecule has 2 aromatic rings. The Labute approximate surface area is 145 Å². The fourth-order valence-electron chi connectivity index (χ4n) is 2.18. The molecular formula is C17H14F5NO3. The van der Waals surface area contributed by atoms with Crippen molar-refractivity contribution >= 4 is 5.78 Å². The Morgan fingerprint density at radius 1 is 1.15 bits per heavy atom. The van der Waals surface area contributed by atoms with Crippen molar-refractivity contribution in [1.29, 1.82) is 0 Å². The second-order valence-electron chi connectivity index (χ2n) is 5.22. The van der Waals surface area contributed by atoms with Gasteiger partial charge in [-0.15, -0.1) is 0 Å². The van der Waals surface area contributed by atoms with Crippen molar-refractivity contribution in [3.63, 3.8) is 0 Å². The number of methoxy groups -OCH3 is 1. The lowest BCUT2D eigenvalue weighted by Gasteiger charge is -2.11. The van der Waals surface area contributed by atoms with E-state index in [1.807, 2.05) is 0 Å². The van der Waals surface area contributed by atoms with Gasteiger partial charge in [0, 0.05) is 18.2 Å². The predicted molar refractivity (Wildman–Crippen MR) is 81.5 cm³/mol. The van der Waals surface area contributed by atoms with Crippen molar-refractivity contribution in [1.82, 2.24) is 4.98 Å². The molecule has 0 saturated heterocycles. The van der Waals surface area contributed by atoms with E-state index in [1.54, 1.807) is 0 Å². The summed E-state index contributed by atoms with van der Waals surface area (Å²) in [6.45, 7) is -3.03. The van der Waals surface area contributed by atoms with Crippen molar-refractivity contribution in [3.8, 4) is 11.5 Å². The lowest BCUT2D eigenvalue weighted by molar-refractivity contribution is -0.141. The highest BCUT2D eigenvalue weighted by Crippen LogP contribution is 2.30. The van der Waals surface area contributed by atoms with Crippen molar-refractivity contribution in [3.05, 3.63) is 53.3 Å². The number of ketones is 1. The number of hydrogen-bond donors (Lipinski definition) is 0. The van der Waals surface area contributed by atoms with E-state index in [0.717, 1.165) is 12.3 Å². The van der Waals surface area contributed by atoms with Gasteiger partial charge in [0.2, 0.25) is 0 Å². The summed E-state index contributed by atoms with van der Waals surface area (Å²) in [5.74, 6) is -0.551. The van der Waals surface area contributed by atoms with Gasteiger partial charge in [0.25, 0.3) is 0 Å². The van der Waals surface area contributed by atoms with Crippen molar-refractivity contribution in [2.24, 2.45) is 0 Å². The molecule has 26 heavy (non-hydrogen) atoms. The summed E-state index contributed by atoms with van der Waals surface area (Å²) in [5.41, 5.74) is -0.328. The Morgan fingerprint density at radius 3 is 2.42 bits per heavy atom. The summed E-state index contributed by atoms with van der Waals surface area (Å²) >= 11 is 0. The molecule has 1 aromatic carbocycles. The molecule has 0 N–H and O–H groups in total. The molecule has 0 aliphatic rings. The Hall–Kier alpha value is -2.71. The summed E-state index contributed by atoms with van der Waals surface area (Å²) < 4.78 is 71.1. The number of carbonyl (C=O) groups is 1. The van der Waals surface area contributed by atoms with Crippen LogP contribution in [0.2, 0.25) is 0 Å². The molecule has 1 heterocycles. The Bertz CT molecular complexity index is 760. The quantitative estimate of drug-likeness (QED) is 0.527. The predicted octanol–water partition coefficient (Wildman–Crippen LogP) is 4.53. The maximum atomic E-state index is 12.5. The highest BCUT2D eigenvalue weighted by atomic mass is 19.4. The average Bonchev–Trinajstić information content (AvgIpc) is 2.59. The summed E-state index contributed by atoms with van der Waals surface area (Å²) in [7, 11) is 1.25. The van der Waals surface area contributed by atoms with E-state index in [0.29, 0.717) is 5.56 Å². The highest BCUT2D eigenvalue weighted by molar-refractivity contribution is 5.96. The monoisotopic (exact) mass is 375 g/mol. The fourth-order valence-corrected chi connectivity index (χ4v) is 2.18. The minimum Gasteiger partial charge on any atom is -0.493 e. The van der Waals surface area contributed by atoms with Crippen LogP contribution in [-0.2, 0) is 12.6 Å². The van der Waals surface area contributed by atoms with Crippen molar-refractivity contribution in [2.45, 2.75) is 25.6 Å². The van der Waals surface area contributed by atoms with E-state index in [9.17, 15) is 26.7 Å². The maximum Gasteiger partial charge on any atom is 0.433 e. The molecule has 0 aliphatic heterocycles. The SMILES string of the molecule is COc1cc(C(=O)CCc2ccc(C(F)(F)F)nc2)ccc1OC(F)F. The Morgan fingerprint density at radius 2 is 1.88 bits per heavy atom. The lowest BCUT2D eigenvalue weighted by atomic mass is 10.0. The van der Waals surface area contributed by atoms with E-state index in [2.05, 4.69) is 9.72 Å². The van der Waals surface area contributed by atoms with Gasteiger partial charge in [-0.25, -0.2) is 0 Å². The van der Waals surface area contributed by atoms with Crippen LogP contribution in [0.3, 0.4) is 0 Å². The average molecular weight is 375 g/mol. The normalized spacial score (nSPS) is 11.5. The molecule has 9 heteroatoms. The Kier molecular flexibility index (Phi) is 6.12. The molecular weight excluding hydrogens is 361 g/mol. The molecule has 0 atom stereocenters. The molecule has 2 rings (SSSR count). The maximum absolute atomic E-state index is 12.5. The number of carbonyl (C=O) groups excluding carboxylic acids is 1. The number of ether oxygens (including phenoxy) is 2. The zero-order valence-corrected chi connectivity index (χ0v) is 13.5. The molecule has 0 bridgehead atoms. The first-order valence-electron chi connectivity index (χ1n) is 7.39. The van der Waals surface area contributed by atoms with Gasteiger partial charge in [-0.3, -0.25) is 9.78 Å². The van der Waals surface area contributed by atoms with Crippen molar-refractivity contribution in [2.75, 3.05) is 7.11 Å². The van der Waals surface area contributed by atoms with Crippen molar-refractivity contribution < 1.29 is 36.2 Å². The van der Waals surface area contributed by atoms with E-state index >= 15 is 0 Å². The molecule has 0 radical (unpaired) electrons. The molecule has 0 spiro atoms. The fraction of sp³-hybridized carbons (Fsp3) is 0.294. The number of halogens is 5. The van der Waals surface area contributed by atoms with Gasteiger partial charge in [0.1, 0.15) is 5.69 Å². The number of hydrogen-bond acceptors (Lipinski definition) is 4. The van der Waals surface area contributed by atoms with Gasteiger partial charge in [-0.2, -0.15) is 22.0 Å². The van der Waals surface area contributed by atoms with Crippen LogP contribution >= 0.6 is 0 Å². The number of Topliss-reactive ketones (excluding diaryl/α,β-unsaturated/α-hetero) is 1. The molecule has 0 aliphatic carbocycles. The van der Waals surface area contributed by atoms with Crippen LogP contribution in [0, 0.1) is 0 Å². The number of aryl methyl sites for hydroxylation is 1. The molecule has 0 fully saturated rings. The summed E-state index contributed by atoms with van der Waals surface area (Å²) in [4.78, 5) is 15.5. The largest absolute Gasteiger partial charge is 0.493 e. The third-order valence-electron chi connectivity index (χ3n) is 3.46. The molecule has 0 unspecified atom stereocenters. The van der Waals surface area contributed by atoms with E-state index in [-0.39, 0.29) is 35.7 Å². The molecule has 0 saturated carbocycles. The zero-order chi connectivity index (χ0) is 19.3. The second kappa shape index (κ2) is 8.11. The number of rotatable bonds is 7. The zero-order valence-electron chi connectivity index (χ0n) is 13.5. The number of alkyl halides is 5. The van der Waals surface area contributed by atoms with E-state index in [4.69, 9.17) is 4.74 Å². The van der Waals surface area contributed by atoms with Gasteiger partial charge < -0.3 is 9.47 Å². The number of nitrogens with zero attached hydrogens (tertiary/aromatic N) is 1. The van der Waals surface area contributed by atoms with Crippen LogP contribution in [0.15, 0.2) is 36.5 Å². The van der Waals surface area contributed by atoms with Gasteiger partial charge in [0.15, 0.2) is 17.3 Å². The van der Waals surface area contributed by atoms with Crippen LogP contribution in [0.4, 0.5) is 22.0 Å². The molecule has 4 nitrogen and oxygen atoms in total. The van der Waals surface area contributed by atoms with Crippen LogP contribution < -0.4 is 9.47 Å². The first-order chi connectivity index (χ1) is 12.2. The number of benzene rings is 1. The standard InChI is InChI=1S/C17H14F5NO3/c1-25-14-8-11(4-6-13(14)26-16(18)19)12(24)5-2-10-3-7-15(23-9-10)17(20,21)22/h3-4,6-9,16H,2,5H2,1H3. The van der Waals surface area contributed by atoms with Gasteiger partial charge in [-0.1, -0.05) is 6.07 Å². The summed E-state index contributed by atoms with van der Waals surface area (Å²) in [5, 5.41) is 0. The van der Waals surface area contributed by atoms with Gasteiger partial charge >= 0.3 is 12.8 Å². The summed E-state index contributed by atoms with van der Waals surface area (Å²) in [6, 6.07) is 5.87. The smallest absolute Gasteiger partial charge is 0.433 e. The second-order valence-corrected chi connectivity index (χ2v) is 5.22. The van der Waals surface area contributed by atoms with E-state index in [1.165, 1.54) is 31.4 Å². The number of pyridine rings is 1. The van der Waals surface area contributed by atoms with Crippen LogP contribution in [-0.4, -0.2) is 24.5 Å². The topological polar surface area (TPSA) is 48.4 Å². The third kappa shape index (κ3) is 5.14. The first kappa shape index (κ1) is 19.6. The lowest BCUT2D eigenvalue weighted by Crippen LogP contribution is -2.08. The first-order valence-corrected chi connectivity index (χ1v) is 7.39. The number of aromatic nitrogens is 1. The van der Waals surface area contributed by atoms with Gasteiger partial charge in [-0.05, 0) is 36.2 Å². The van der Waals surface area contributed by atoms with Crippen LogP contribution in [0.1, 0.15) is 28.0 Å². The highest BCUT2D eigenvalue weighted by Gasteiger charge is 2.32. The Balaban J connectivity index is 2.03. The summed E-state index contributed by atoms with van der Waals surface area (Å²) in [6.07, 6.45) is -3.27. The minimum absolute atomic E-state index is 0.00521. The molecule has 1 aromatic heterocycles. The third-order valence-corrected chi connectivity index (χ3v) is 3.46. The molecule has 140 valence electrons. The molecule has 0 amide bonds. The van der Waals surface area contributed by atoms with E-state index < -0.39 is 18.5 Å². The van der Waals surface area contributed by atoms with Gasteiger partial charge in [0.05, 0.1) is 7.11 Å². The van der Waals surface area contributed by atoms with Crippen LogP contribution in [0.25, 0.3) is 0 Å². The minimum atomic E-state index is -4.52.